The van der Waals surface area contributed by atoms with Crippen LogP contribution < -0.4 is 5.32 Å². The standard InChI is InChI=1S/C16H17NO2S/c18-15(9-12-6-8-20-10-12)17-11-16(19)7-5-13-3-1-2-4-14(13)16/h1-4,6,8,10,19H,5,7,9,11H2,(H,17,18)/t16-/m0/s1. The number of fused-ring (bicyclic) bond motifs is 1. The number of benzene rings is 1. The maximum Gasteiger partial charge on any atom is 0.224 e. The van der Waals surface area contributed by atoms with Crippen molar-refractivity contribution in [2.75, 3.05) is 6.54 Å². The second kappa shape index (κ2) is 5.38. The van der Waals surface area contributed by atoms with Gasteiger partial charge in [-0.15, -0.1) is 0 Å². The van der Waals surface area contributed by atoms with Gasteiger partial charge in [0.25, 0.3) is 0 Å². The number of carbonyl (C=O) groups excluding carboxylic acids is 1. The van der Waals surface area contributed by atoms with Gasteiger partial charge in [0.1, 0.15) is 5.60 Å². The summed E-state index contributed by atoms with van der Waals surface area (Å²) in [5.41, 5.74) is 2.24. The van der Waals surface area contributed by atoms with Crippen molar-refractivity contribution in [3.63, 3.8) is 0 Å². The minimum absolute atomic E-state index is 0.0405. The first-order valence-electron chi connectivity index (χ1n) is 6.76. The number of hydrogen-bond acceptors (Lipinski definition) is 3. The van der Waals surface area contributed by atoms with Gasteiger partial charge in [-0.05, 0) is 46.4 Å². The molecule has 1 atom stereocenters. The van der Waals surface area contributed by atoms with E-state index < -0.39 is 5.60 Å². The Morgan fingerprint density at radius 1 is 1.35 bits per heavy atom. The molecule has 0 saturated carbocycles. The fourth-order valence-electron chi connectivity index (χ4n) is 2.74. The average Bonchev–Trinajstić information content (AvgIpc) is 3.07. The summed E-state index contributed by atoms with van der Waals surface area (Å²) in [6.07, 6.45) is 1.92. The van der Waals surface area contributed by atoms with Gasteiger partial charge >= 0.3 is 0 Å². The van der Waals surface area contributed by atoms with E-state index in [1.54, 1.807) is 11.3 Å². The van der Waals surface area contributed by atoms with E-state index in [1.165, 1.54) is 5.56 Å². The molecule has 104 valence electrons. The molecule has 3 nitrogen and oxygen atoms in total. The van der Waals surface area contributed by atoms with Crippen LogP contribution >= 0.6 is 11.3 Å². The Morgan fingerprint density at radius 2 is 2.20 bits per heavy atom. The van der Waals surface area contributed by atoms with Crippen molar-refractivity contribution >= 4 is 17.2 Å². The van der Waals surface area contributed by atoms with Gasteiger partial charge in [0, 0.05) is 0 Å². The van der Waals surface area contributed by atoms with Crippen LogP contribution in [0.4, 0.5) is 0 Å². The molecule has 0 aliphatic heterocycles. The molecule has 0 bridgehead atoms. The monoisotopic (exact) mass is 287 g/mol. The van der Waals surface area contributed by atoms with Crippen LogP contribution in [-0.4, -0.2) is 17.6 Å². The van der Waals surface area contributed by atoms with Crippen molar-refractivity contribution in [2.45, 2.75) is 24.9 Å². The normalized spacial score (nSPS) is 20.6. The van der Waals surface area contributed by atoms with E-state index in [0.29, 0.717) is 12.8 Å². The minimum atomic E-state index is -0.916. The summed E-state index contributed by atoms with van der Waals surface area (Å²) in [6, 6.07) is 9.86. The summed E-state index contributed by atoms with van der Waals surface area (Å²) >= 11 is 1.59. The molecule has 3 rings (SSSR count). The topological polar surface area (TPSA) is 49.3 Å². The highest BCUT2D eigenvalue weighted by atomic mass is 32.1. The third-order valence-electron chi connectivity index (χ3n) is 3.85. The zero-order valence-electron chi connectivity index (χ0n) is 11.1. The average molecular weight is 287 g/mol. The molecule has 1 aliphatic carbocycles. The van der Waals surface area contributed by atoms with Crippen molar-refractivity contribution in [1.29, 1.82) is 0 Å². The molecule has 0 spiro atoms. The van der Waals surface area contributed by atoms with Gasteiger partial charge in [0.2, 0.25) is 5.91 Å². The van der Waals surface area contributed by atoms with Gasteiger partial charge in [-0.25, -0.2) is 0 Å². The number of thiophene rings is 1. The molecule has 0 fully saturated rings. The fraction of sp³-hybridized carbons (Fsp3) is 0.312. The Hall–Kier alpha value is -1.65. The summed E-state index contributed by atoms with van der Waals surface area (Å²) in [6.45, 7) is 0.285. The van der Waals surface area contributed by atoms with Crippen LogP contribution in [0.3, 0.4) is 0 Å². The molecule has 0 saturated heterocycles. The molecule has 1 aromatic carbocycles. The van der Waals surface area contributed by atoms with Crippen molar-refractivity contribution < 1.29 is 9.90 Å². The lowest BCUT2D eigenvalue weighted by atomic mass is 9.96. The van der Waals surface area contributed by atoms with Crippen molar-refractivity contribution in [1.82, 2.24) is 5.32 Å². The molecular weight excluding hydrogens is 270 g/mol. The maximum atomic E-state index is 11.9. The predicted molar refractivity (Wildman–Crippen MR) is 79.7 cm³/mol. The molecule has 1 aromatic heterocycles. The predicted octanol–water partition coefficient (Wildman–Crippen LogP) is 2.24. The molecular formula is C16H17NO2S. The van der Waals surface area contributed by atoms with Crippen LogP contribution in [0, 0.1) is 0 Å². The Labute approximate surface area is 122 Å². The van der Waals surface area contributed by atoms with Crippen LogP contribution in [0.15, 0.2) is 41.1 Å². The second-order valence-electron chi connectivity index (χ2n) is 5.27. The van der Waals surface area contributed by atoms with Crippen LogP contribution in [0.2, 0.25) is 0 Å². The highest BCUT2D eigenvalue weighted by Gasteiger charge is 2.36. The highest BCUT2D eigenvalue weighted by molar-refractivity contribution is 7.07. The first kappa shape index (κ1) is 13.3. The number of aryl methyl sites for hydroxylation is 1. The van der Waals surface area contributed by atoms with Gasteiger partial charge in [0.05, 0.1) is 13.0 Å². The van der Waals surface area contributed by atoms with Crippen LogP contribution in [-0.2, 0) is 23.2 Å². The zero-order valence-corrected chi connectivity index (χ0v) is 12.0. The third kappa shape index (κ3) is 2.62. The highest BCUT2D eigenvalue weighted by Crippen LogP contribution is 2.36. The SMILES string of the molecule is O=C(Cc1ccsc1)NC[C@@]1(O)CCc2ccccc21. The Kier molecular flexibility index (Phi) is 3.59. The number of hydrogen-bond donors (Lipinski definition) is 2. The fourth-order valence-corrected chi connectivity index (χ4v) is 3.41. The van der Waals surface area contributed by atoms with Crippen LogP contribution in [0.25, 0.3) is 0 Å². The van der Waals surface area contributed by atoms with Crippen LogP contribution in [0.5, 0.6) is 0 Å². The quantitative estimate of drug-likeness (QED) is 0.906. The molecule has 2 aromatic rings. The lowest BCUT2D eigenvalue weighted by Gasteiger charge is -2.24. The second-order valence-corrected chi connectivity index (χ2v) is 6.05. The van der Waals surface area contributed by atoms with E-state index >= 15 is 0 Å². The Balaban J connectivity index is 1.62. The van der Waals surface area contributed by atoms with Gasteiger partial charge in [0.15, 0.2) is 0 Å². The van der Waals surface area contributed by atoms with Gasteiger partial charge in [-0.2, -0.15) is 11.3 Å². The lowest BCUT2D eigenvalue weighted by molar-refractivity contribution is -0.121. The number of nitrogens with one attached hydrogen (secondary N) is 1. The van der Waals surface area contributed by atoms with E-state index in [2.05, 4.69) is 5.32 Å². The molecule has 0 unspecified atom stereocenters. The number of carbonyl (C=O) groups is 1. The number of rotatable bonds is 4. The van der Waals surface area contributed by atoms with Gasteiger partial charge in [-0.3, -0.25) is 4.79 Å². The number of aliphatic hydroxyl groups is 1. The third-order valence-corrected chi connectivity index (χ3v) is 4.58. The molecule has 4 heteroatoms. The first-order valence-corrected chi connectivity index (χ1v) is 7.70. The Bertz CT molecular complexity index is 609. The van der Waals surface area contributed by atoms with E-state index in [1.807, 2.05) is 41.1 Å². The first-order chi connectivity index (χ1) is 9.67. The maximum absolute atomic E-state index is 11.9. The van der Waals surface area contributed by atoms with Crippen molar-refractivity contribution in [2.24, 2.45) is 0 Å². The van der Waals surface area contributed by atoms with Crippen LogP contribution in [0.1, 0.15) is 23.1 Å². The summed E-state index contributed by atoms with van der Waals surface area (Å²) < 4.78 is 0. The summed E-state index contributed by atoms with van der Waals surface area (Å²) in [5, 5.41) is 17.5. The number of amides is 1. The summed E-state index contributed by atoms with van der Waals surface area (Å²) in [7, 11) is 0. The Morgan fingerprint density at radius 3 is 3.00 bits per heavy atom. The minimum Gasteiger partial charge on any atom is -0.383 e. The summed E-state index contributed by atoms with van der Waals surface area (Å²) in [4.78, 5) is 11.9. The van der Waals surface area contributed by atoms with Gasteiger partial charge in [-0.1, -0.05) is 24.3 Å². The van der Waals surface area contributed by atoms with Crippen molar-refractivity contribution in [3.8, 4) is 0 Å². The molecule has 20 heavy (non-hydrogen) atoms. The van der Waals surface area contributed by atoms with E-state index in [0.717, 1.165) is 17.5 Å². The van der Waals surface area contributed by atoms with Gasteiger partial charge < -0.3 is 10.4 Å². The molecule has 0 radical (unpaired) electrons. The van der Waals surface area contributed by atoms with E-state index in [9.17, 15) is 9.90 Å². The smallest absolute Gasteiger partial charge is 0.224 e. The van der Waals surface area contributed by atoms with E-state index in [4.69, 9.17) is 0 Å². The zero-order chi connectivity index (χ0) is 14.0. The van der Waals surface area contributed by atoms with Crippen molar-refractivity contribution in [3.05, 3.63) is 57.8 Å². The molecule has 1 amide bonds. The lowest BCUT2D eigenvalue weighted by Crippen LogP contribution is -2.39. The molecule has 2 N–H and O–H groups in total. The molecule has 1 heterocycles. The van der Waals surface area contributed by atoms with E-state index in [-0.39, 0.29) is 12.5 Å². The molecule has 1 aliphatic rings. The largest absolute Gasteiger partial charge is 0.383 e. The summed E-state index contributed by atoms with van der Waals surface area (Å²) in [5.74, 6) is -0.0405.